The zero-order valence-electron chi connectivity index (χ0n) is 11.7. The molecule has 1 aromatic carbocycles. The zero-order chi connectivity index (χ0) is 13.8. The highest BCUT2D eigenvalue weighted by atomic mass is 16.3. The van der Waals surface area contributed by atoms with E-state index >= 15 is 0 Å². The molecule has 102 valence electrons. The lowest BCUT2D eigenvalue weighted by Gasteiger charge is -2.16. The minimum Gasteiger partial charge on any atom is -0.392 e. The first-order valence-corrected chi connectivity index (χ1v) is 6.55. The van der Waals surface area contributed by atoms with Gasteiger partial charge in [0.1, 0.15) is 0 Å². The summed E-state index contributed by atoms with van der Waals surface area (Å²) in [6, 6.07) is 10.1. The first kappa shape index (κ1) is 13.6. The molecule has 1 aromatic heterocycles. The summed E-state index contributed by atoms with van der Waals surface area (Å²) < 4.78 is 0. The second kappa shape index (κ2) is 5.89. The molecule has 0 saturated heterocycles. The zero-order valence-corrected chi connectivity index (χ0v) is 11.7. The summed E-state index contributed by atoms with van der Waals surface area (Å²) >= 11 is 0. The van der Waals surface area contributed by atoms with E-state index in [1.807, 2.05) is 31.3 Å². The number of aromatic nitrogens is 2. The smallest absolute Gasteiger partial charge is 0.150 e. The molecule has 0 unspecified atom stereocenters. The van der Waals surface area contributed by atoms with Crippen LogP contribution in [0.4, 0.5) is 5.82 Å². The number of rotatable bonds is 5. The Hall–Kier alpha value is -1.81. The van der Waals surface area contributed by atoms with Crippen LogP contribution in [0.1, 0.15) is 36.6 Å². The van der Waals surface area contributed by atoms with Gasteiger partial charge in [0.25, 0.3) is 0 Å². The van der Waals surface area contributed by atoms with Gasteiger partial charge >= 0.3 is 0 Å². The third kappa shape index (κ3) is 3.35. The molecule has 0 fully saturated rings. The minimum absolute atomic E-state index is 0.0905. The molecule has 0 atom stereocenters. The van der Waals surface area contributed by atoms with Crippen molar-refractivity contribution in [2.75, 3.05) is 11.9 Å². The maximum atomic E-state index is 9.02. The number of nitrogens with zero attached hydrogens (tertiary/aromatic N) is 2. The Morgan fingerprint density at radius 3 is 2.37 bits per heavy atom. The first-order valence-electron chi connectivity index (χ1n) is 6.55. The van der Waals surface area contributed by atoms with Gasteiger partial charge in [0, 0.05) is 25.4 Å². The third-order valence-corrected chi connectivity index (χ3v) is 3.22. The summed E-state index contributed by atoms with van der Waals surface area (Å²) in [6.45, 7) is 5.18. The van der Waals surface area contributed by atoms with Crippen molar-refractivity contribution in [2.45, 2.75) is 32.9 Å². The van der Waals surface area contributed by atoms with E-state index in [4.69, 9.17) is 5.11 Å². The van der Waals surface area contributed by atoms with Crippen LogP contribution < -0.4 is 4.90 Å². The van der Waals surface area contributed by atoms with Gasteiger partial charge in [-0.1, -0.05) is 38.1 Å². The molecule has 2 aromatic rings. The fraction of sp³-hybridized carbons (Fsp3) is 0.400. The van der Waals surface area contributed by atoms with E-state index in [-0.39, 0.29) is 6.61 Å². The van der Waals surface area contributed by atoms with Crippen LogP contribution in [0.2, 0.25) is 0 Å². The van der Waals surface area contributed by atoms with Gasteiger partial charge in [-0.25, -0.2) is 0 Å². The molecular weight excluding hydrogens is 238 g/mol. The molecule has 0 bridgehead atoms. The fourth-order valence-corrected chi connectivity index (χ4v) is 1.92. The van der Waals surface area contributed by atoms with E-state index in [9.17, 15) is 0 Å². The molecule has 0 aliphatic rings. The molecular formula is C15H21N3O. The van der Waals surface area contributed by atoms with Gasteiger partial charge in [-0.05, 0) is 17.0 Å². The van der Waals surface area contributed by atoms with Crippen molar-refractivity contribution >= 4 is 5.82 Å². The minimum atomic E-state index is 0.0905. The molecule has 0 saturated carbocycles. The van der Waals surface area contributed by atoms with Gasteiger partial charge < -0.3 is 10.0 Å². The lowest BCUT2D eigenvalue weighted by Crippen LogP contribution is -2.16. The largest absolute Gasteiger partial charge is 0.392 e. The second-order valence-corrected chi connectivity index (χ2v) is 5.17. The van der Waals surface area contributed by atoms with Gasteiger partial charge in [-0.2, -0.15) is 5.10 Å². The van der Waals surface area contributed by atoms with E-state index < -0.39 is 0 Å². The molecule has 2 N–H and O–H groups in total. The summed E-state index contributed by atoms with van der Waals surface area (Å²) in [5.74, 6) is 1.41. The van der Waals surface area contributed by atoms with Crippen molar-refractivity contribution in [3.8, 4) is 0 Å². The van der Waals surface area contributed by atoms with Gasteiger partial charge in [0.15, 0.2) is 5.82 Å². The molecule has 0 aliphatic heterocycles. The highest BCUT2D eigenvalue weighted by molar-refractivity contribution is 5.40. The highest BCUT2D eigenvalue weighted by Gasteiger charge is 2.09. The predicted molar refractivity (Wildman–Crippen MR) is 77.1 cm³/mol. The van der Waals surface area contributed by atoms with E-state index in [1.54, 1.807) is 0 Å². The molecule has 4 nitrogen and oxygen atoms in total. The van der Waals surface area contributed by atoms with Gasteiger partial charge in [0.05, 0.1) is 6.61 Å². The van der Waals surface area contributed by atoms with Crippen LogP contribution in [0.3, 0.4) is 0 Å². The predicted octanol–water partition coefficient (Wildman–Crippen LogP) is 2.66. The average Bonchev–Trinajstić information content (AvgIpc) is 2.89. The molecule has 1 heterocycles. The Kier molecular flexibility index (Phi) is 4.22. The number of hydrogen-bond donors (Lipinski definition) is 2. The van der Waals surface area contributed by atoms with Crippen molar-refractivity contribution in [1.29, 1.82) is 0 Å². The van der Waals surface area contributed by atoms with Crippen molar-refractivity contribution in [1.82, 2.24) is 10.2 Å². The summed E-state index contributed by atoms with van der Waals surface area (Å²) in [5, 5.41) is 16.4. The van der Waals surface area contributed by atoms with Crippen molar-refractivity contribution in [3.63, 3.8) is 0 Å². The molecule has 2 rings (SSSR count). The molecule has 19 heavy (non-hydrogen) atoms. The Labute approximate surface area is 114 Å². The van der Waals surface area contributed by atoms with Crippen LogP contribution in [0, 0.1) is 0 Å². The van der Waals surface area contributed by atoms with Crippen LogP contribution in [0.15, 0.2) is 30.3 Å². The van der Waals surface area contributed by atoms with Crippen LogP contribution in [-0.2, 0) is 13.2 Å². The summed E-state index contributed by atoms with van der Waals surface area (Å²) in [6.07, 6.45) is 0. The number of aliphatic hydroxyl groups excluding tert-OH is 1. The van der Waals surface area contributed by atoms with E-state index in [0.717, 1.165) is 23.6 Å². The Morgan fingerprint density at radius 2 is 1.84 bits per heavy atom. The van der Waals surface area contributed by atoms with E-state index in [2.05, 4.69) is 35.0 Å². The van der Waals surface area contributed by atoms with E-state index in [1.165, 1.54) is 5.56 Å². The van der Waals surface area contributed by atoms with Crippen LogP contribution in [0.5, 0.6) is 0 Å². The SMILES string of the molecule is CC(C)c1cc(N(C)Cc2ccc(CO)cc2)n[nH]1. The first-order chi connectivity index (χ1) is 9.10. The lowest BCUT2D eigenvalue weighted by atomic mass is 10.1. The fourth-order valence-electron chi connectivity index (χ4n) is 1.92. The van der Waals surface area contributed by atoms with Crippen LogP contribution in [0.25, 0.3) is 0 Å². The van der Waals surface area contributed by atoms with Crippen LogP contribution in [-0.4, -0.2) is 22.4 Å². The van der Waals surface area contributed by atoms with Crippen LogP contribution >= 0.6 is 0 Å². The number of H-pyrrole nitrogens is 1. The van der Waals surface area contributed by atoms with Gasteiger partial charge in [-0.15, -0.1) is 0 Å². The number of nitrogens with one attached hydrogen (secondary N) is 1. The topological polar surface area (TPSA) is 52.1 Å². The number of hydrogen-bond acceptors (Lipinski definition) is 3. The third-order valence-electron chi connectivity index (χ3n) is 3.22. The lowest BCUT2D eigenvalue weighted by molar-refractivity contribution is 0.282. The summed E-state index contributed by atoms with van der Waals surface area (Å²) in [5.41, 5.74) is 3.29. The van der Waals surface area contributed by atoms with Gasteiger partial charge in [0.2, 0.25) is 0 Å². The van der Waals surface area contributed by atoms with E-state index in [0.29, 0.717) is 5.92 Å². The number of benzene rings is 1. The maximum Gasteiger partial charge on any atom is 0.150 e. The summed E-state index contributed by atoms with van der Waals surface area (Å²) in [7, 11) is 2.03. The number of aliphatic hydroxyl groups is 1. The molecule has 0 aliphatic carbocycles. The Balaban J connectivity index is 2.04. The Morgan fingerprint density at radius 1 is 1.21 bits per heavy atom. The molecule has 0 amide bonds. The normalized spacial score (nSPS) is 11.0. The maximum absolute atomic E-state index is 9.02. The molecule has 4 heteroatoms. The second-order valence-electron chi connectivity index (χ2n) is 5.17. The van der Waals surface area contributed by atoms with Gasteiger partial charge in [-0.3, -0.25) is 5.10 Å². The van der Waals surface area contributed by atoms with Crippen molar-refractivity contribution in [3.05, 3.63) is 47.2 Å². The Bertz CT molecular complexity index is 516. The average molecular weight is 259 g/mol. The van der Waals surface area contributed by atoms with Crippen molar-refractivity contribution in [2.24, 2.45) is 0 Å². The quantitative estimate of drug-likeness (QED) is 0.868. The van der Waals surface area contributed by atoms with Crippen molar-refractivity contribution < 1.29 is 5.11 Å². The monoisotopic (exact) mass is 259 g/mol. The molecule has 0 radical (unpaired) electrons. The summed E-state index contributed by atoms with van der Waals surface area (Å²) in [4.78, 5) is 2.11. The standard InChI is InChI=1S/C15H21N3O/c1-11(2)14-8-15(17-16-14)18(3)9-12-4-6-13(10-19)7-5-12/h4-8,11,19H,9-10H2,1-3H3,(H,16,17). The number of aromatic amines is 1. The molecule has 0 spiro atoms. The highest BCUT2D eigenvalue weighted by Crippen LogP contribution is 2.18. The number of anilines is 1.